The highest BCUT2D eigenvalue weighted by Gasteiger charge is 2.49. The van der Waals surface area contributed by atoms with E-state index in [1.165, 1.54) is 6.07 Å². The van der Waals surface area contributed by atoms with Crippen LogP contribution in [0.4, 0.5) is 0 Å². The van der Waals surface area contributed by atoms with Crippen LogP contribution in [0.1, 0.15) is 36.2 Å². The summed E-state index contributed by atoms with van der Waals surface area (Å²) in [4.78, 5) is 23.3. The van der Waals surface area contributed by atoms with Crippen molar-refractivity contribution >= 4 is 11.9 Å². The quantitative estimate of drug-likeness (QED) is 0.868. The Bertz CT molecular complexity index is 553. The minimum atomic E-state index is -1.01. The minimum Gasteiger partial charge on any atom is -0.478 e. The molecule has 0 radical (unpaired) electrons. The molecule has 1 amide bonds. The zero-order chi connectivity index (χ0) is 15.6. The average molecular weight is 291 g/mol. The first-order valence-electron chi connectivity index (χ1n) is 6.99. The molecule has 0 saturated heterocycles. The van der Waals surface area contributed by atoms with E-state index in [1.54, 1.807) is 25.3 Å². The van der Waals surface area contributed by atoms with Crippen LogP contribution in [-0.4, -0.2) is 36.2 Å². The first kappa shape index (κ1) is 15.5. The number of carboxylic acid groups (broad SMARTS) is 1. The van der Waals surface area contributed by atoms with Crippen molar-refractivity contribution in [2.75, 3.05) is 7.11 Å². The molecule has 1 fully saturated rings. The summed E-state index contributed by atoms with van der Waals surface area (Å²) in [6.07, 6.45) is 1.01. The van der Waals surface area contributed by atoms with E-state index in [9.17, 15) is 9.59 Å². The normalized spacial score (nSPS) is 23.2. The summed E-state index contributed by atoms with van der Waals surface area (Å²) in [5.41, 5.74) is 0.606. The van der Waals surface area contributed by atoms with Crippen molar-refractivity contribution in [3.63, 3.8) is 0 Å². The van der Waals surface area contributed by atoms with Crippen molar-refractivity contribution in [3.05, 3.63) is 35.4 Å². The van der Waals surface area contributed by atoms with Gasteiger partial charge in [0.2, 0.25) is 5.91 Å². The lowest BCUT2D eigenvalue weighted by Crippen LogP contribution is -2.62. The number of rotatable bonds is 5. The van der Waals surface area contributed by atoms with Gasteiger partial charge in [-0.1, -0.05) is 32.0 Å². The van der Waals surface area contributed by atoms with E-state index in [1.807, 2.05) is 0 Å². The molecule has 2 N–H and O–H groups in total. The first-order valence-corrected chi connectivity index (χ1v) is 6.99. The molecule has 21 heavy (non-hydrogen) atoms. The van der Waals surface area contributed by atoms with E-state index in [0.29, 0.717) is 5.56 Å². The van der Waals surface area contributed by atoms with Crippen LogP contribution in [0.15, 0.2) is 24.3 Å². The standard InChI is InChI=1S/C16H21NO4/c1-16(2)12(9-13(16)21-3)17-14(18)8-10-6-4-5-7-11(10)15(19)20/h4-7,12-13H,8-9H2,1-3H3,(H,17,18)(H,19,20). The maximum Gasteiger partial charge on any atom is 0.335 e. The molecule has 1 aliphatic carbocycles. The Kier molecular flexibility index (Phi) is 4.32. The highest BCUT2D eigenvalue weighted by Crippen LogP contribution is 2.42. The zero-order valence-electron chi connectivity index (χ0n) is 12.6. The average Bonchev–Trinajstić information content (AvgIpc) is 2.43. The van der Waals surface area contributed by atoms with Gasteiger partial charge >= 0.3 is 5.97 Å². The van der Waals surface area contributed by atoms with Crippen molar-refractivity contribution in [2.45, 2.75) is 38.8 Å². The summed E-state index contributed by atoms with van der Waals surface area (Å²) >= 11 is 0. The SMILES string of the molecule is COC1CC(NC(=O)Cc2ccccc2C(=O)O)C1(C)C. The minimum absolute atomic E-state index is 0.0620. The molecule has 1 aromatic rings. The van der Waals surface area contributed by atoms with Gasteiger partial charge in [-0.2, -0.15) is 0 Å². The van der Waals surface area contributed by atoms with Crippen molar-refractivity contribution < 1.29 is 19.4 Å². The van der Waals surface area contributed by atoms with Gasteiger partial charge in [-0.25, -0.2) is 4.79 Å². The zero-order valence-corrected chi connectivity index (χ0v) is 12.6. The van der Waals surface area contributed by atoms with Crippen molar-refractivity contribution in [1.82, 2.24) is 5.32 Å². The number of nitrogens with one attached hydrogen (secondary N) is 1. The van der Waals surface area contributed by atoms with Gasteiger partial charge in [-0.05, 0) is 18.1 Å². The Morgan fingerprint density at radius 3 is 2.62 bits per heavy atom. The van der Waals surface area contributed by atoms with Crippen molar-refractivity contribution in [2.24, 2.45) is 5.41 Å². The number of carbonyl (C=O) groups is 2. The highest BCUT2D eigenvalue weighted by molar-refractivity contribution is 5.91. The number of amides is 1. The topological polar surface area (TPSA) is 75.6 Å². The Hall–Kier alpha value is -1.88. The molecule has 0 heterocycles. The summed E-state index contributed by atoms with van der Waals surface area (Å²) in [6, 6.07) is 6.64. The van der Waals surface area contributed by atoms with Crippen molar-refractivity contribution in [3.8, 4) is 0 Å². The number of benzene rings is 1. The van der Waals surface area contributed by atoms with Crippen LogP contribution in [0.25, 0.3) is 0 Å². The molecule has 5 nitrogen and oxygen atoms in total. The van der Waals surface area contributed by atoms with Crippen molar-refractivity contribution in [1.29, 1.82) is 0 Å². The fourth-order valence-corrected chi connectivity index (χ4v) is 2.83. The Balaban J connectivity index is 1.99. The third-order valence-corrected chi connectivity index (χ3v) is 4.40. The molecule has 0 bridgehead atoms. The maximum absolute atomic E-state index is 12.1. The van der Waals surface area contributed by atoms with Gasteiger partial charge in [0.1, 0.15) is 0 Å². The van der Waals surface area contributed by atoms with E-state index >= 15 is 0 Å². The predicted octanol–water partition coefficient (Wildman–Crippen LogP) is 1.86. The number of carboxylic acids is 1. The molecule has 1 aliphatic rings. The summed E-state index contributed by atoms with van der Waals surface area (Å²) in [5, 5.41) is 12.1. The van der Waals surface area contributed by atoms with Gasteiger partial charge in [0.05, 0.1) is 18.1 Å². The van der Waals surface area contributed by atoms with Crippen LogP contribution in [0, 0.1) is 5.41 Å². The van der Waals surface area contributed by atoms with Crippen LogP contribution in [0.3, 0.4) is 0 Å². The highest BCUT2D eigenvalue weighted by atomic mass is 16.5. The Labute approximate surface area is 124 Å². The second-order valence-electron chi connectivity index (χ2n) is 6.04. The molecule has 0 aliphatic heterocycles. The number of hydrogen-bond acceptors (Lipinski definition) is 3. The van der Waals surface area contributed by atoms with Crippen LogP contribution < -0.4 is 5.32 Å². The smallest absolute Gasteiger partial charge is 0.335 e. The lowest BCUT2D eigenvalue weighted by Gasteiger charge is -2.51. The number of aromatic carboxylic acids is 1. The molecule has 114 valence electrons. The molecular formula is C16H21NO4. The summed E-state index contributed by atoms with van der Waals surface area (Å²) in [5.74, 6) is -1.17. The lowest BCUT2D eigenvalue weighted by atomic mass is 9.64. The van der Waals surface area contributed by atoms with Gasteiger partial charge in [0, 0.05) is 18.6 Å². The van der Waals surface area contributed by atoms with E-state index < -0.39 is 5.97 Å². The molecule has 0 aromatic heterocycles. The van der Waals surface area contributed by atoms with E-state index in [-0.39, 0.29) is 35.5 Å². The van der Waals surface area contributed by atoms with Crippen LogP contribution >= 0.6 is 0 Å². The Morgan fingerprint density at radius 1 is 1.38 bits per heavy atom. The van der Waals surface area contributed by atoms with E-state index in [0.717, 1.165) is 6.42 Å². The largest absolute Gasteiger partial charge is 0.478 e. The fourth-order valence-electron chi connectivity index (χ4n) is 2.83. The van der Waals surface area contributed by atoms with Gasteiger partial charge in [0.15, 0.2) is 0 Å². The molecule has 5 heteroatoms. The number of methoxy groups -OCH3 is 1. The van der Waals surface area contributed by atoms with Crippen LogP contribution in [-0.2, 0) is 16.0 Å². The van der Waals surface area contributed by atoms with Gasteiger partial charge in [0.25, 0.3) is 0 Å². The molecule has 1 aromatic carbocycles. The maximum atomic E-state index is 12.1. The van der Waals surface area contributed by atoms with Gasteiger partial charge < -0.3 is 15.2 Å². The lowest BCUT2D eigenvalue weighted by molar-refractivity contribution is -0.132. The van der Waals surface area contributed by atoms with E-state index in [4.69, 9.17) is 9.84 Å². The van der Waals surface area contributed by atoms with Gasteiger partial charge in [-0.3, -0.25) is 4.79 Å². The second-order valence-corrected chi connectivity index (χ2v) is 6.04. The summed E-state index contributed by atoms with van der Waals surface area (Å²) < 4.78 is 5.35. The number of hydrogen-bond donors (Lipinski definition) is 2. The number of ether oxygens (including phenoxy) is 1. The van der Waals surface area contributed by atoms with Crippen LogP contribution in [0.5, 0.6) is 0 Å². The second kappa shape index (κ2) is 5.85. The third kappa shape index (κ3) is 3.08. The third-order valence-electron chi connectivity index (χ3n) is 4.40. The molecule has 2 rings (SSSR count). The monoisotopic (exact) mass is 291 g/mol. The Morgan fingerprint density at radius 2 is 2.05 bits per heavy atom. The molecule has 2 unspecified atom stereocenters. The van der Waals surface area contributed by atoms with Gasteiger partial charge in [-0.15, -0.1) is 0 Å². The molecular weight excluding hydrogens is 270 g/mol. The molecule has 2 atom stereocenters. The summed E-state index contributed by atoms with van der Waals surface area (Å²) in [6.45, 7) is 4.11. The predicted molar refractivity (Wildman–Crippen MR) is 78.2 cm³/mol. The number of carbonyl (C=O) groups excluding carboxylic acids is 1. The van der Waals surface area contributed by atoms with Crippen LogP contribution in [0.2, 0.25) is 0 Å². The molecule has 1 saturated carbocycles. The van der Waals surface area contributed by atoms with E-state index in [2.05, 4.69) is 19.2 Å². The first-order chi connectivity index (χ1) is 9.86. The summed E-state index contributed by atoms with van der Waals surface area (Å²) in [7, 11) is 1.67. The fraction of sp³-hybridized carbons (Fsp3) is 0.500. The molecule has 0 spiro atoms.